The zero-order valence-corrected chi connectivity index (χ0v) is 15.1. The Morgan fingerprint density at radius 3 is 2.84 bits per heavy atom. The van der Waals surface area contributed by atoms with Crippen LogP contribution in [0, 0.1) is 12.8 Å². The highest BCUT2D eigenvalue weighted by atomic mass is 16.5. The fourth-order valence-corrected chi connectivity index (χ4v) is 3.47. The summed E-state index contributed by atoms with van der Waals surface area (Å²) >= 11 is 0. The molecule has 25 heavy (non-hydrogen) atoms. The summed E-state index contributed by atoms with van der Waals surface area (Å²) in [6.07, 6.45) is 4.32. The second kappa shape index (κ2) is 7.25. The van der Waals surface area contributed by atoms with E-state index in [-0.39, 0.29) is 17.8 Å². The number of esters is 1. The lowest BCUT2D eigenvalue weighted by molar-refractivity contribution is -0.149. The normalized spacial score (nSPS) is 17.7. The van der Waals surface area contributed by atoms with Crippen molar-refractivity contribution in [3.05, 3.63) is 35.3 Å². The first-order valence-electron chi connectivity index (χ1n) is 8.98. The molecule has 3 rings (SSSR count). The van der Waals surface area contributed by atoms with Gasteiger partial charge in [0, 0.05) is 25.0 Å². The molecule has 0 bridgehead atoms. The number of pyridine rings is 1. The molecular formula is C19H25N3O3. The number of ether oxygens (including phenoxy) is 1. The maximum absolute atomic E-state index is 12.9. The number of piperidine rings is 1. The maximum Gasteiger partial charge on any atom is 0.310 e. The lowest BCUT2D eigenvalue weighted by Crippen LogP contribution is -2.42. The Bertz CT molecular complexity index is 797. The third-order valence-corrected chi connectivity index (χ3v) is 4.87. The number of aryl methyl sites for hydroxylation is 2. The average Bonchev–Trinajstić information content (AvgIpc) is 2.97. The van der Waals surface area contributed by atoms with Gasteiger partial charge >= 0.3 is 5.97 Å². The van der Waals surface area contributed by atoms with Crippen LogP contribution in [0.15, 0.2) is 18.3 Å². The molecule has 1 aliphatic rings. The van der Waals surface area contributed by atoms with Crippen molar-refractivity contribution in [2.75, 3.05) is 19.7 Å². The van der Waals surface area contributed by atoms with Gasteiger partial charge in [0.25, 0.3) is 5.91 Å². The van der Waals surface area contributed by atoms with Crippen molar-refractivity contribution >= 4 is 17.5 Å². The van der Waals surface area contributed by atoms with Crippen molar-refractivity contribution in [1.29, 1.82) is 0 Å². The van der Waals surface area contributed by atoms with E-state index in [1.165, 1.54) is 0 Å². The molecule has 0 radical (unpaired) electrons. The second-order valence-corrected chi connectivity index (χ2v) is 6.49. The number of hydrogen-bond donors (Lipinski definition) is 0. The molecule has 1 saturated heterocycles. The van der Waals surface area contributed by atoms with Crippen molar-refractivity contribution in [2.45, 2.75) is 40.0 Å². The first-order chi connectivity index (χ1) is 12.0. The molecule has 1 atom stereocenters. The van der Waals surface area contributed by atoms with Crippen LogP contribution in [0.25, 0.3) is 5.65 Å². The van der Waals surface area contributed by atoms with Gasteiger partial charge in [-0.2, -0.15) is 0 Å². The van der Waals surface area contributed by atoms with Crippen LogP contribution >= 0.6 is 0 Å². The van der Waals surface area contributed by atoms with Gasteiger partial charge in [0.15, 0.2) is 0 Å². The number of aromatic nitrogens is 2. The predicted octanol–water partition coefficient (Wildman–Crippen LogP) is 2.62. The van der Waals surface area contributed by atoms with E-state index in [0.29, 0.717) is 25.3 Å². The molecule has 6 heteroatoms. The molecule has 1 aliphatic heterocycles. The highest BCUT2D eigenvalue weighted by Gasteiger charge is 2.30. The lowest BCUT2D eigenvalue weighted by atomic mass is 9.97. The number of imidazole rings is 1. The van der Waals surface area contributed by atoms with E-state index in [1.807, 2.05) is 29.7 Å². The van der Waals surface area contributed by atoms with Gasteiger partial charge in [-0.3, -0.25) is 9.59 Å². The Balaban J connectivity index is 1.81. The monoisotopic (exact) mass is 343 g/mol. The van der Waals surface area contributed by atoms with Crippen LogP contribution in [0.1, 0.15) is 48.4 Å². The highest BCUT2D eigenvalue weighted by Crippen LogP contribution is 2.21. The van der Waals surface area contributed by atoms with Crippen LogP contribution in [0.4, 0.5) is 0 Å². The Morgan fingerprint density at radius 1 is 1.32 bits per heavy atom. The zero-order valence-electron chi connectivity index (χ0n) is 15.1. The largest absolute Gasteiger partial charge is 0.466 e. The molecule has 6 nitrogen and oxygen atoms in total. The molecule has 3 heterocycles. The standard InChI is InChI=1S/C19H25N3O3/c1-4-16-13(3)22-12-14(8-9-17(22)20-16)18(23)21-10-6-7-15(11-21)19(24)25-5-2/h8-9,12,15H,4-7,10-11H2,1-3H3. The molecular weight excluding hydrogens is 318 g/mol. The van der Waals surface area contributed by atoms with Crippen LogP contribution < -0.4 is 0 Å². The summed E-state index contributed by atoms with van der Waals surface area (Å²) in [5.74, 6) is -0.460. The average molecular weight is 343 g/mol. The van der Waals surface area contributed by atoms with Gasteiger partial charge in [-0.05, 0) is 45.2 Å². The zero-order chi connectivity index (χ0) is 18.0. The van der Waals surface area contributed by atoms with Crippen molar-refractivity contribution in [1.82, 2.24) is 14.3 Å². The van der Waals surface area contributed by atoms with Crippen molar-refractivity contribution in [3.63, 3.8) is 0 Å². The maximum atomic E-state index is 12.9. The highest BCUT2D eigenvalue weighted by molar-refractivity contribution is 5.94. The van der Waals surface area contributed by atoms with E-state index in [9.17, 15) is 9.59 Å². The number of nitrogens with zero attached hydrogens (tertiary/aromatic N) is 3. The van der Waals surface area contributed by atoms with E-state index in [1.54, 1.807) is 11.8 Å². The number of hydrogen-bond acceptors (Lipinski definition) is 4. The topological polar surface area (TPSA) is 63.9 Å². The molecule has 134 valence electrons. The minimum Gasteiger partial charge on any atom is -0.466 e. The Morgan fingerprint density at radius 2 is 2.12 bits per heavy atom. The molecule has 2 aromatic heterocycles. The van der Waals surface area contributed by atoms with Crippen LogP contribution in [0.2, 0.25) is 0 Å². The molecule has 0 N–H and O–H groups in total. The van der Waals surface area contributed by atoms with Crippen LogP contribution in [-0.2, 0) is 16.0 Å². The van der Waals surface area contributed by atoms with Crippen molar-refractivity contribution in [2.24, 2.45) is 5.92 Å². The van der Waals surface area contributed by atoms with E-state index >= 15 is 0 Å². The third-order valence-electron chi connectivity index (χ3n) is 4.87. The molecule has 2 aromatic rings. The summed E-state index contributed by atoms with van der Waals surface area (Å²) in [5.41, 5.74) is 3.59. The quantitative estimate of drug-likeness (QED) is 0.801. The van der Waals surface area contributed by atoms with E-state index in [4.69, 9.17) is 4.74 Å². The van der Waals surface area contributed by atoms with Crippen LogP contribution in [-0.4, -0.2) is 45.9 Å². The molecule has 0 saturated carbocycles. The van der Waals surface area contributed by atoms with Crippen LogP contribution in [0.3, 0.4) is 0 Å². The van der Waals surface area contributed by atoms with Gasteiger partial charge in [-0.25, -0.2) is 4.98 Å². The number of carbonyl (C=O) groups is 2. The third kappa shape index (κ3) is 3.38. The van der Waals surface area contributed by atoms with Gasteiger partial charge in [-0.15, -0.1) is 0 Å². The molecule has 0 aliphatic carbocycles. The predicted molar refractivity (Wildman–Crippen MR) is 94.6 cm³/mol. The number of amides is 1. The lowest BCUT2D eigenvalue weighted by Gasteiger charge is -2.31. The molecule has 1 amide bonds. The Labute approximate surface area is 147 Å². The molecule has 0 aromatic carbocycles. The summed E-state index contributed by atoms with van der Waals surface area (Å²) in [5, 5.41) is 0. The first kappa shape index (κ1) is 17.5. The van der Waals surface area contributed by atoms with Crippen LogP contribution in [0.5, 0.6) is 0 Å². The van der Waals surface area contributed by atoms with E-state index in [2.05, 4.69) is 11.9 Å². The fraction of sp³-hybridized carbons (Fsp3) is 0.526. The van der Waals surface area contributed by atoms with Gasteiger partial charge in [0.2, 0.25) is 0 Å². The number of carbonyl (C=O) groups excluding carboxylic acids is 2. The van der Waals surface area contributed by atoms with Crippen molar-refractivity contribution < 1.29 is 14.3 Å². The summed E-state index contributed by atoms with van der Waals surface area (Å²) in [6, 6.07) is 3.70. The SMILES string of the molecule is CCOC(=O)C1CCCN(C(=O)c2ccc3nc(CC)c(C)n3c2)C1. The van der Waals surface area contributed by atoms with Gasteiger partial charge in [0.1, 0.15) is 5.65 Å². The minimum absolute atomic E-state index is 0.0398. The minimum atomic E-state index is -0.219. The summed E-state index contributed by atoms with van der Waals surface area (Å²) < 4.78 is 7.09. The fourth-order valence-electron chi connectivity index (χ4n) is 3.47. The second-order valence-electron chi connectivity index (χ2n) is 6.49. The molecule has 1 fully saturated rings. The Hall–Kier alpha value is -2.37. The van der Waals surface area contributed by atoms with E-state index in [0.717, 1.165) is 36.3 Å². The Kier molecular flexibility index (Phi) is 5.06. The van der Waals surface area contributed by atoms with Crippen molar-refractivity contribution in [3.8, 4) is 0 Å². The summed E-state index contributed by atoms with van der Waals surface area (Å²) in [4.78, 5) is 31.2. The van der Waals surface area contributed by atoms with Gasteiger partial charge in [0.05, 0.1) is 23.8 Å². The molecule has 0 spiro atoms. The first-order valence-corrected chi connectivity index (χ1v) is 8.98. The van der Waals surface area contributed by atoms with E-state index < -0.39 is 0 Å². The number of likely N-dealkylation sites (tertiary alicyclic amines) is 1. The number of rotatable bonds is 4. The number of fused-ring (bicyclic) bond motifs is 1. The van der Waals surface area contributed by atoms with Gasteiger partial charge < -0.3 is 14.0 Å². The smallest absolute Gasteiger partial charge is 0.310 e. The summed E-state index contributed by atoms with van der Waals surface area (Å²) in [7, 11) is 0. The molecule has 1 unspecified atom stereocenters. The summed E-state index contributed by atoms with van der Waals surface area (Å²) in [6.45, 7) is 7.38. The van der Waals surface area contributed by atoms with Gasteiger partial charge in [-0.1, -0.05) is 6.92 Å².